The van der Waals surface area contributed by atoms with Crippen LogP contribution in [0.2, 0.25) is 0 Å². The first kappa shape index (κ1) is 19.4. The molecule has 0 unspecified atom stereocenters. The maximum atomic E-state index is 12.5. The highest BCUT2D eigenvalue weighted by Crippen LogP contribution is 2.26. The molecule has 0 radical (unpaired) electrons. The van der Waals surface area contributed by atoms with Gasteiger partial charge in [-0.1, -0.05) is 58.0 Å². The second kappa shape index (κ2) is 9.01. The maximum Gasteiger partial charge on any atom is 0.192 e. The zero-order valence-corrected chi connectivity index (χ0v) is 17.2. The monoisotopic (exact) mass is 443 g/mol. The largest absolute Gasteiger partial charge is 0.497 e. The Kier molecular flexibility index (Phi) is 6.47. The van der Waals surface area contributed by atoms with Crippen molar-refractivity contribution in [2.75, 3.05) is 12.9 Å². The number of carbonyl (C=O) groups is 1. The van der Waals surface area contributed by atoms with E-state index in [0.29, 0.717) is 23.0 Å². The lowest BCUT2D eigenvalue weighted by Crippen LogP contribution is -2.05. The van der Waals surface area contributed by atoms with Gasteiger partial charge >= 0.3 is 0 Å². The molecule has 5 nitrogen and oxygen atoms in total. The Hall–Kier alpha value is -2.38. The SMILES string of the molecule is C=CCn1c(SCC(=O)c2cccc(OC)c2)nnc1-c1ccc(Br)cc1. The molecule has 0 saturated carbocycles. The van der Waals surface area contributed by atoms with Crippen molar-refractivity contribution in [1.29, 1.82) is 0 Å². The second-order valence-electron chi connectivity index (χ2n) is 5.66. The number of aromatic nitrogens is 3. The number of hydrogen-bond acceptors (Lipinski definition) is 5. The molecule has 0 bridgehead atoms. The van der Waals surface area contributed by atoms with E-state index in [1.54, 1.807) is 25.3 Å². The number of rotatable bonds is 8. The van der Waals surface area contributed by atoms with E-state index >= 15 is 0 Å². The Bertz CT molecular complexity index is 954. The molecular formula is C20H18BrN3O2S. The molecule has 7 heteroatoms. The third kappa shape index (κ3) is 4.67. The summed E-state index contributed by atoms with van der Waals surface area (Å²) in [4.78, 5) is 12.5. The Balaban J connectivity index is 1.79. The summed E-state index contributed by atoms with van der Waals surface area (Å²) in [5, 5.41) is 9.27. The number of allylic oxidation sites excluding steroid dienone is 1. The minimum Gasteiger partial charge on any atom is -0.497 e. The zero-order chi connectivity index (χ0) is 19.2. The summed E-state index contributed by atoms with van der Waals surface area (Å²) in [6.07, 6.45) is 1.79. The standard InChI is InChI=1S/C20H18BrN3O2S/c1-3-11-24-19(14-7-9-16(21)10-8-14)22-23-20(24)27-13-18(25)15-5-4-6-17(12-15)26-2/h3-10,12H,1,11,13H2,2H3. The fourth-order valence-corrected chi connectivity index (χ4v) is 3.62. The molecule has 0 amide bonds. The van der Waals surface area contributed by atoms with Crippen LogP contribution in [0.4, 0.5) is 0 Å². The molecule has 27 heavy (non-hydrogen) atoms. The number of halogens is 1. The first-order valence-corrected chi connectivity index (χ1v) is 10.0. The molecule has 0 aliphatic carbocycles. The van der Waals surface area contributed by atoms with Crippen LogP contribution in [0.15, 0.2) is 70.8 Å². The average Bonchev–Trinajstić information content (AvgIpc) is 3.09. The van der Waals surface area contributed by atoms with E-state index in [1.807, 2.05) is 41.0 Å². The molecule has 2 aromatic carbocycles. The third-order valence-electron chi connectivity index (χ3n) is 3.86. The van der Waals surface area contributed by atoms with Crippen molar-refractivity contribution in [3.8, 4) is 17.1 Å². The number of nitrogens with zero attached hydrogens (tertiary/aromatic N) is 3. The zero-order valence-electron chi connectivity index (χ0n) is 14.8. The van der Waals surface area contributed by atoms with Gasteiger partial charge in [-0.15, -0.1) is 16.8 Å². The molecule has 138 valence electrons. The molecule has 1 heterocycles. The number of ether oxygens (including phenoxy) is 1. The normalized spacial score (nSPS) is 10.6. The summed E-state index contributed by atoms with van der Waals surface area (Å²) in [5.41, 5.74) is 1.57. The van der Waals surface area contributed by atoms with Crippen molar-refractivity contribution >= 4 is 33.5 Å². The van der Waals surface area contributed by atoms with Crippen LogP contribution in [0.1, 0.15) is 10.4 Å². The van der Waals surface area contributed by atoms with Crippen LogP contribution < -0.4 is 4.74 Å². The number of methoxy groups -OCH3 is 1. The highest BCUT2D eigenvalue weighted by atomic mass is 79.9. The van der Waals surface area contributed by atoms with Gasteiger partial charge in [0, 0.05) is 22.1 Å². The minimum absolute atomic E-state index is 0.0113. The predicted molar refractivity (Wildman–Crippen MR) is 111 cm³/mol. The molecule has 0 N–H and O–H groups in total. The van der Waals surface area contributed by atoms with E-state index in [4.69, 9.17) is 4.74 Å². The summed E-state index contributed by atoms with van der Waals surface area (Å²) in [6, 6.07) is 15.0. The molecule has 3 rings (SSSR count). The van der Waals surface area contributed by atoms with Gasteiger partial charge in [0.05, 0.1) is 12.9 Å². The third-order valence-corrected chi connectivity index (χ3v) is 5.35. The van der Waals surface area contributed by atoms with E-state index in [2.05, 4.69) is 32.7 Å². The number of hydrogen-bond donors (Lipinski definition) is 0. The lowest BCUT2D eigenvalue weighted by Gasteiger charge is -2.08. The van der Waals surface area contributed by atoms with Gasteiger partial charge in [-0.2, -0.15) is 0 Å². The first-order chi connectivity index (χ1) is 13.1. The fourth-order valence-electron chi connectivity index (χ4n) is 2.51. The molecule has 0 spiro atoms. The van der Waals surface area contributed by atoms with Crippen LogP contribution in [-0.4, -0.2) is 33.4 Å². The van der Waals surface area contributed by atoms with Gasteiger partial charge < -0.3 is 4.74 Å². The highest BCUT2D eigenvalue weighted by Gasteiger charge is 2.16. The lowest BCUT2D eigenvalue weighted by atomic mass is 10.1. The topological polar surface area (TPSA) is 57.0 Å². The molecule has 0 aliphatic heterocycles. The van der Waals surface area contributed by atoms with E-state index < -0.39 is 0 Å². The quantitative estimate of drug-likeness (QED) is 0.282. The van der Waals surface area contributed by atoms with Crippen molar-refractivity contribution in [3.63, 3.8) is 0 Å². The van der Waals surface area contributed by atoms with Crippen molar-refractivity contribution in [2.45, 2.75) is 11.7 Å². The van der Waals surface area contributed by atoms with Crippen LogP contribution >= 0.6 is 27.7 Å². The van der Waals surface area contributed by atoms with E-state index in [-0.39, 0.29) is 11.5 Å². The maximum absolute atomic E-state index is 12.5. The predicted octanol–water partition coefficient (Wildman–Crippen LogP) is 4.88. The summed E-state index contributed by atoms with van der Waals surface area (Å²) in [7, 11) is 1.58. The number of thioether (sulfide) groups is 1. The molecule has 1 aromatic heterocycles. The summed E-state index contributed by atoms with van der Waals surface area (Å²) >= 11 is 4.80. The Labute approximate surface area is 170 Å². The van der Waals surface area contributed by atoms with Gasteiger partial charge in [-0.3, -0.25) is 9.36 Å². The van der Waals surface area contributed by atoms with Crippen LogP contribution in [0, 0.1) is 0 Å². The van der Waals surface area contributed by atoms with Gasteiger partial charge in [0.1, 0.15) is 5.75 Å². The molecular weight excluding hydrogens is 426 g/mol. The van der Waals surface area contributed by atoms with E-state index in [0.717, 1.165) is 15.9 Å². The molecule has 0 saturated heterocycles. The summed E-state index contributed by atoms with van der Waals surface area (Å²) in [5.74, 6) is 1.69. The fraction of sp³-hybridized carbons (Fsp3) is 0.150. The average molecular weight is 444 g/mol. The van der Waals surface area contributed by atoms with Crippen molar-refractivity contribution in [2.24, 2.45) is 0 Å². The van der Waals surface area contributed by atoms with Gasteiger partial charge in [0.2, 0.25) is 0 Å². The highest BCUT2D eigenvalue weighted by molar-refractivity contribution is 9.10. The van der Waals surface area contributed by atoms with Gasteiger partial charge in [0.25, 0.3) is 0 Å². The van der Waals surface area contributed by atoms with Gasteiger partial charge in [0.15, 0.2) is 16.8 Å². The molecule has 0 atom stereocenters. The molecule has 3 aromatic rings. The number of benzene rings is 2. The van der Waals surface area contributed by atoms with Gasteiger partial charge in [-0.05, 0) is 24.3 Å². The van der Waals surface area contributed by atoms with Crippen molar-refractivity contribution < 1.29 is 9.53 Å². The number of carbonyl (C=O) groups excluding carboxylic acids is 1. The Morgan fingerprint density at radius 1 is 1.26 bits per heavy atom. The van der Waals surface area contributed by atoms with Crippen LogP contribution in [0.3, 0.4) is 0 Å². The Morgan fingerprint density at radius 2 is 2.04 bits per heavy atom. The second-order valence-corrected chi connectivity index (χ2v) is 7.51. The minimum atomic E-state index is 0.0113. The Morgan fingerprint density at radius 3 is 2.74 bits per heavy atom. The van der Waals surface area contributed by atoms with E-state index in [9.17, 15) is 4.79 Å². The molecule has 0 fully saturated rings. The smallest absolute Gasteiger partial charge is 0.192 e. The lowest BCUT2D eigenvalue weighted by molar-refractivity contribution is 0.102. The first-order valence-electron chi connectivity index (χ1n) is 8.22. The van der Waals surface area contributed by atoms with Crippen molar-refractivity contribution in [1.82, 2.24) is 14.8 Å². The van der Waals surface area contributed by atoms with Crippen LogP contribution in [-0.2, 0) is 6.54 Å². The van der Waals surface area contributed by atoms with Crippen LogP contribution in [0.5, 0.6) is 5.75 Å². The number of ketones is 1. The summed E-state index contributed by atoms with van der Waals surface area (Å²) in [6.45, 7) is 4.38. The van der Waals surface area contributed by atoms with E-state index in [1.165, 1.54) is 11.8 Å². The van der Waals surface area contributed by atoms with Crippen molar-refractivity contribution in [3.05, 3.63) is 71.2 Å². The molecule has 0 aliphatic rings. The van der Waals surface area contributed by atoms with Crippen LogP contribution in [0.25, 0.3) is 11.4 Å². The van der Waals surface area contributed by atoms with Gasteiger partial charge in [-0.25, -0.2) is 0 Å². The summed E-state index contributed by atoms with van der Waals surface area (Å²) < 4.78 is 8.14. The number of Topliss-reactive ketones (excluding diaryl/α,β-unsaturated/α-hetero) is 1.